The van der Waals surface area contributed by atoms with E-state index in [1.165, 1.54) is 17.2 Å². The van der Waals surface area contributed by atoms with Crippen LogP contribution in [0.2, 0.25) is 0 Å². The van der Waals surface area contributed by atoms with Crippen molar-refractivity contribution in [2.45, 2.75) is 40.0 Å². The molecule has 0 bridgehead atoms. The summed E-state index contributed by atoms with van der Waals surface area (Å²) in [6, 6.07) is 10.4. The molecule has 0 aliphatic rings. The molecule has 0 saturated carbocycles. The molecule has 0 spiro atoms. The number of nitro benzene ring substituents is 1. The van der Waals surface area contributed by atoms with Crippen molar-refractivity contribution < 1.29 is 23.9 Å². The second kappa shape index (κ2) is 14.8. The lowest BCUT2D eigenvalue weighted by Gasteiger charge is -2.16. The van der Waals surface area contributed by atoms with E-state index in [9.17, 15) is 10.1 Å². The van der Waals surface area contributed by atoms with Crippen LogP contribution in [-0.4, -0.2) is 32.7 Å². The molecule has 0 amide bonds. The van der Waals surface area contributed by atoms with Gasteiger partial charge in [0.25, 0.3) is 5.69 Å². The van der Waals surface area contributed by atoms with Crippen molar-refractivity contribution in [3.8, 4) is 11.5 Å². The van der Waals surface area contributed by atoms with E-state index in [0.29, 0.717) is 23.5 Å². The maximum Gasteiger partial charge on any atom is 0.276 e. The van der Waals surface area contributed by atoms with Crippen molar-refractivity contribution in [2.75, 3.05) is 27.8 Å². The molecule has 0 aromatic heterocycles. The minimum absolute atomic E-state index is 0.0424. The van der Waals surface area contributed by atoms with E-state index in [-0.39, 0.29) is 19.3 Å². The van der Waals surface area contributed by atoms with Crippen molar-refractivity contribution in [3.05, 3.63) is 86.5 Å². The molecule has 0 saturated heterocycles. The van der Waals surface area contributed by atoms with E-state index >= 15 is 0 Å². The molecular weight excluding hydrogens is 446 g/mol. The highest BCUT2D eigenvalue weighted by Crippen LogP contribution is 2.33. The second-order valence-corrected chi connectivity index (χ2v) is 8.32. The summed E-state index contributed by atoms with van der Waals surface area (Å²) in [4.78, 5) is 11.0. The summed E-state index contributed by atoms with van der Waals surface area (Å²) in [5.41, 5.74) is 4.79. The quantitative estimate of drug-likeness (QED) is 0.0953. The lowest BCUT2D eigenvalue weighted by molar-refractivity contribution is -0.385. The highest BCUT2D eigenvalue weighted by atomic mass is 16.7. The molecular formula is C28H35NO6. The first kappa shape index (κ1) is 27.8. The minimum Gasteiger partial charge on any atom is -0.467 e. The Morgan fingerprint density at radius 1 is 0.943 bits per heavy atom. The Hall–Kier alpha value is -3.42. The fourth-order valence-corrected chi connectivity index (χ4v) is 3.39. The van der Waals surface area contributed by atoms with E-state index in [4.69, 9.17) is 18.9 Å². The topological polar surface area (TPSA) is 80.1 Å². The molecule has 0 aliphatic carbocycles. The van der Waals surface area contributed by atoms with Crippen LogP contribution < -0.4 is 9.47 Å². The maximum absolute atomic E-state index is 11.3. The molecule has 7 heteroatoms. The summed E-state index contributed by atoms with van der Waals surface area (Å²) in [5.74, 6) is 1.24. The Balaban J connectivity index is 2.41. The molecule has 2 aromatic rings. The molecule has 2 rings (SSSR count). The number of benzene rings is 2. The summed E-state index contributed by atoms with van der Waals surface area (Å²) in [6.07, 6.45) is 10.5. The molecule has 0 fully saturated rings. The first-order chi connectivity index (χ1) is 16.8. The van der Waals surface area contributed by atoms with E-state index < -0.39 is 4.92 Å². The number of para-hydroxylation sites is 1. The Labute approximate surface area is 207 Å². The average molecular weight is 482 g/mol. The molecule has 0 heterocycles. The standard InChI is InChI=1S/C28H35NO6/c1-21(2)9-8-10-22(3)13-16-25-27(34-19-32-4)17-23(18-28(25)35-20-33-5)14-15-24-11-6-7-12-26(24)29(30)31/h6-7,9,11-15,17-18H,8,10,16,19-20H2,1-5H3. The van der Waals surface area contributed by atoms with Crippen LogP contribution in [0.1, 0.15) is 50.3 Å². The van der Waals surface area contributed by atoms with Crippen LogP contribution in [0.25, 0.3) is 12.2 Å². The van der Waals surface area contributed by atoms with Crippen molar-refractivity contribution >= 4 is 17.8 Å². The molecule has 0 N–H and O–H groups in total. The summed E-state index contributed by atoms with van der Waals surface area (Å²) in [5, 5.41) is 11.3. The number of methoxy groups -OCH3 is 2. The minimum atomic E-state index is -0.394. The van der Waals surface area contributed by atoms with Gasteiger partial charge >= 0.3 is 0 Å². The highest BCUT2D eigenvalue weighted by Gasteiger charge is 2.14. The van der Waals surface area contributed by atoms with Gasteiger partial charge in [-0.05, 0) is 69.9 Å². The Kier molecular flexibility index (Phi) is 11.7. The highest BCUT2D eigenvalue weighted by molar-refractivity contribution is 5.75. The summed E-state index contributed by atoms with van der Waals surface area (Å²) >= 11 is 0. The van der Waals surface area contributed by atoms with Gasteiger partial charge < -0.3 is 18.9 Å². The third kappa shape index (κ3) is 9.39. The van der Waals surface area contributed by atoms with E-state index in [1.807, 2.05) is 12.1 Å². The molecule has 0 aliphatic heterocycles. The van der Waals surface area contributed by atoms with Crippen LogP contribution in [0, 0.1) is 10.1 Å². The van der Waals surface area contributed by atoms with Crippen molar-refractivity contribution in [1.29, 1.82) is 0 Å². The van der Waals surface area contributed by atoms with Gasteiger partial charge in [0.1, 0.15) is 11.5 Å². The Morgan fingerprint density at radius 3 is 2.14 bits per heavy atom. The van der Waals surface area contributed by atoms with Crippen LogP contribution in [0.5, 0.6) is 11.5 Å². The fourth-order valence-electron chi connectivity index (χ4n) is 3.39. The zero-order valence-electron chi connectivity index (χ0n) is 21.2. The van der Waals surface area contributed by atoms with E-state index in [1.54, 1.807) is 44.6 Å². The zero-order chi connectivity index (χ0) is 25.6. The van der Waals surface area contributed by atoms with Crippen LogP contribution in [0.3, 0.4) is 0 Å². The Bertz CT molecular complexity index is 1040. The maximum atomic E-state index is 11.3. The second-order valence-electron chi connectivity index (χ2n) is 8.32. The predicted molar refractivity (Wildman–Crippen MR) is 140 cm³/mol. The van der Waals surface area contributed by atoms with Gasteiger partial charge in [-0.1, -0.05) is 41.5 Å². The lowest BCUT2D eigenvalue weighted by Crippen LogP contribution is -2.06. The van der Waals surface area contributed by atoms with Gasteiger partial charge in [-0.2, -0.15) is 0 Å². The van der Waals surface area contributed by atoms with Gasteiger partial charge in [0.15, 0.2) is 13.6 Å². The smallest absolute Gasteiger partial charge is 0.276 e. The number of hydrogen-bond acceptors (Lipinski definition) is 6. The number of nitro groups is 1. The lowest BCUT2D eigenvalue weighted by atomic mass is 10.0. The number of nitrogens with zero attached hydrogens (tertiary/aromatic N) is 1. The van der Waals surface area contributed by atoms with Gasteiger partial charge in [0, 0.05) is 25.8 Å². The monoisotopic (exact) mass is 481 g/mol. The summed E-state index contributed by atoms with van der Waals surface area (Å²) < 4.78 is 22.0. The van der Waals surface area contributed by atoms with Gasteiger partial charge in [-0.15, -0.1) is 0 Å². The van der Waals surface area contributed by atoms with Crippen LogP contribution in [0.15, 0.2) is 59.7 Å². The third-order valence-electron chi connectivity index (χ3n) is 5.19. The van der Waals surface area contributed by atoms with Gasteiger partial charge in [-0.25, -0.2) is 0 Å². The molecule has 35 heavy (non-hydrogen) atoms. The van der Waals surface area contributed by atoms with Crippen LogP contribution in [-0.2, 0) is 15.9 Å². The number of rotatable bonds is 14. The SMILES string of the molecule is COCOc1cc(C=Cc2ccccc2[N+](=O)[O-])cc(OCOC)c1CC=C(C)CCC=C(C)C. The van der Waals surface area contributed by atoms with Gasteiger partial charge in [0.05, 0.1) is 10.5 Å². The summed E-state index contributed by atoms with van der Waals surface area (Å²) in [6.45, 7) is 6.48. The third-order valence-corrected chi connectivity index (χ3v) is 5.19. The molecule has 2 aromatic carbocycles. The Morgan fingerprint density at radius 2 is 1.57 bits per heavy atom. The van der Waals surface area contributed by atoms with Crippen molar-refractivity contribution in [1.82, 2.24) is 0 Å². The van der Waals surface area contributed by atoms with E-state index in [0.717, 1.165) is 24.0 Å². The number of allylic oxidation sites excluding steroid dienone is 4. The van der Waals surface area contributed by atoms with Crippen LogP contribution in [0.4, 0.5) is 5.69 Å². The predicted octanol–water partition coefficient (Wildman–Crippen LogP) is 6.97. The molecule has 0 radical (unpaired) electrons. The molecule has 0 unspecified atom stereocenters. The van der Waals surface area contributed by atoms with Gasteiger partial charge in [0.2, 0.25) is 0 Å². The zero-order valence-corrected chi connectivity index (χ0v) is 21.2. The van der Waals surface area contributed by atoms with Gasteiger partial charge in [-0.3, -0.25) is 10.1 Å². The van der Waals surface area contributed by atoms with E-state index in [2.05, 4.69) is 32.9 Å². The average Bonchev–Trinajstić information content (AvgIpc) is 2.83. The molecule has 7 nitrogen and oxygen atoms in total. The fraction of sp³-hybridized carbons (Fsp3) is 0.357. The number of ether oxygens (including phenoxy) is 4. The first-order valence-electron chi connectivity index (χ1n) is 11.5. The van der Waals surface area contributed by atoms with Crippen LogP contribution >= 0.6 is 0 Å². The molecule has 188 valence electrons. The largest absolute Gasteiger partial charge is 0.467 e. The van der Waals surface area contributed by atoms with Crippen molar-refractivity contribution in [2.24, 2.45) is 0 Å². The number of hydrogen-bond donors (Lipinski definition) is 0. The van der Waals surface area contributed by atoms with Crippen molar-refractivity contribution in [3.63, 3.8) is 0 Å². The molecule has 0 atom stereocenters. The first-order valence-corrected chi connectivity index (χ1v) is 11.5. The normalized spacial score (nSPS) is 11.5. The summed E-state index contributed by atoms with van der Waals surface area (Å²) in [7, 11) is 3.13.